The fourth-order valence-electron chi connectivity index (χ4n) is 2.85. The van der Waals surface area contributed by atoms with Gasteiger partial charge in [-0.1, -0.05) is 35.9 Å². The summed E-state index contributed by atoms with van der Waals surface area (Å²) in [4.78, 5) is 25.7. The lowest BCUT2D eigenvalue weighted by atomic mass is 10.1. The monoisotopic (exact) mass is 426 g/mol. The molecule has 0 spiro atoms. The molecule has 2 amide bonds. The summed E-state index contributed by atoms with van der Waals surface area (Å²) in [5, 5.41) is 11.4. The van der Waals surface area contributed by atoms with E-state index in [2.05, 4.69) is 15.5 Å². The molecular weight excluding hydrogens is 404 g/mol. The Kier molecular flexibility index (Phi) is 6.84. The van der Waals surface area contributed by atoms with E-state index in [9.17, 15) is 9.59 Å². The van der Waals surface area contributed by atoms with Crippen LogP contribution in [0.2, 0.25) is 5.02 Å². The van der Waals surface area contributed by atoms with Crippen molar-refractivity contribution in [3.63, 3.8) is 0 Å². The van der Waals surface area contributed by atoms with Crippen molar-refractivity contribution < 1.29 is 14.0 Å². The zero-order chi connectivity index (χ0) is 21.7. The molecule has 30 heavy (non-hydrogen) atoms. The Balaban J connectivity index is 1.74. The molecule has 1 aromatic heterocycles. The molecule has 0 unspecified atom stereocenters. The summed E-state index contributed by atoms with van der Waals surface area (Å²) >= 11 is 6.19. The number of hydrogen-bond donors (Lipinski definition) is 1. The predicted octanol–water partition coefficient (Wildman–Crippen LogP) is 4.08. The van der Waals surface area contributed by atoms with E-state index < -0.39 is 0 Å². The molecule has 3 aromatic rings. The first kappa shape index (κ1) is 21.5. The Bertz CT molecular complexity index is 1030. The molecular formula is C22H23ClN4O3. The first-order chi connectivity index (χ1) is 14.3. The summed E-state index contributed by atoms with van der Waals surface area (Å²) in [5.41, 5.74) is 2.11. The van der Waals surface area contributed by atoms with Gasteiger partial charge >= 0.3 is 0 Å². The summed E-state index contributed by atoms with van der Waals surface area (Å²) in [7, 11) is 0. The molecule has 0 saturated carbocycles. The first-order valence-electron chi connectivity index (χ1n) is 9.56. The van der Waals surface area contributed by atoms with Crippen LogP contribution in [-0.4, -0.2) is 33.0 Å². The van der Waals surface area contributed by atoms with Gasteiger partial charge in [-0.25, -0.2) is 0 Å². The molecule has 0 fully saturated rings. The van der Waals surface area contributed by atoms with E-state index in [1.807, 2.05) is 38.1 Å². The van der Waals surface area contributed by atoms with Crippen LogP contribution in [-0.2, 0) is 17.9 Å². The molecule has 2 aromatic carbocycles. The number of halogens is 1. The van der Waals surface area contributed by atoms with Crippen LogP contribution < -0.4 is 5.32 Å². The van der Waals surface area contributed by atoms with Crippen LogP contribution in [0.15, 0.2) is 52.9 Å². The number of nitrogens with one attached hydrogen (secondary N) is 1. The minimum atomic E-state index is -0.145. The molecule has 0 radical (unpaired) electrons. The molecule has 156 valence electrons. The molecule has 0 bridgehead atoms. The molecule has 0 atom stereocenters. The highest BCUT2D eigenvalue weighted by atomic mass is 35.5. The van der Waals surface area contributed by atoms with E-state index >= 15 is 0 Å². The number of aromatic nitrogens is 2. The van der Waals surface area contributed by atoms with Crippen molar-refractivity contribution in [1.82, 2.24) is 20.4 Å². The van der Waals surface area contributed by atoms with E-state index in [0.717, 1.165) is 5.56 Å². The number of rotatable bonds is 7. The Morgan fingerprint density at radius 2 is 1.80 bits per heavy atom. The van der Waals surface area contributed by atoms with Gasteiger partial charge in [0.25, 0.3) is 5.91 Å². The second-order valence-corrected chi connectivity index (χ2v) is 7.52. The molecule has 3 rings (SSSR count). The van der Waals surface area contributed by atoms with Gasteiger partial charge in [0.15, 0.2) is 0 Å². The third kappa shape index (κ3) is 5.24. The zero-order valence-corrected chi connectivity index (χ0v) is 17.8. The highest BCUT2D eigenvalue weighted by Gasteiger charge is 2.22. The molecule has 8 heteroatoms. The number of nitrogens with zero attached hydrogens (tertiary/aromatic N) is 3. The van der Waals surface area contributed by atoms with Gasteiger partial charge in [0.1, 0.15) is 0 Å². The summed E-state index contributed by atoms with van der Waals surface area (Å²) in [5.74, 6) is 0.397. The molecule has 0 saturated heterocycles. The minimum Gasteiger partial charge on any atom is -0.419 e. The van der Waals surface area contributed by atoms with E-state index in [-0.39, 0.29) is 24.4 Å². The maximum absolute atomic E-state index is 13.0. The van der Waals surface area contributed by atoms with Crippen molar-refractivity contribution in [2.75, 3.05) is 0 Å². The lowest BCUT2D eigenvalue weighted by Crippen LogP contribution is -2.36. The summed E-state index contributed by atoms with van der Waals surface area (Å²) in [6.45, 7) is 5.92. The second-order valence-electron chi connectivity index (χ2n) is 7.11. The second kappa shape index (κ2) is 9.54. The number of benzene rings is 2. The highest BCUT2D eigenvalue weighted by Crippen LogP contribution is 2.26. The summed E-state index contributed by atoms with van der Waals surface area (Å²) in [6.07, 6.45) is 0. The van der Waals surface area contributed by atoms with Gasteiger partial charge in [-0.05, 0) is 43.7 Å². The standard InChI is InChI=1S/C22H23ClN4O3/c1-14(2)27(22(29)17-10-8-16(9-11-17)12-24-15(3)28)13-20-25-26-21(30-20)18-6-4-5-7-19(18)23/h4-11,14H,12-13H2,1-3H3,(H,24,28). The third-order valence-corrected chi connectivity index (χ3v) is 4.83. The Morgan fingerprint density at radius 3 is 2.43 bits per heavy atom. The van der Waals surface area contributed by atoms with Gasteiger partial charge in [-0.2, -0.15) is 0 Å². The van der Waals surface area contributed by atoms with Crippen molar-refractivity contribution in [2.24, 2.45) is 0 Å². The molecule has 0 aliphatic heterocycles. The van der Waals surface area contributed by atoms with Crippen LogP contribution in [0.1, 0.15) is 42.6 Å². The number of amides is 2. The maximum atomic E-state index is 13.0. The average Bonchev–Trinajstić information content (AvgIpc) is 3.19. The van der Waals surface area contributed by atoms with Gasteiger partial charge in [0.05, 0.1) is 17.1 Å². The van der Waals surface area contributed by atoms with Crippen LogP contribution in [0.3, 0.4) is 0 Å². The highest BCUT2D eigenvalue weighted by molar-refractivity contribution is 6.33. The van der Waals surface area contributed by atoms with Crippen LogP contribution in [0.4, 0.5) is 0 Å². The van der Waals surface area contributed by atoms with Gasteiger partial charge in [-0.3, -0.25) is 9.59 Å². The largest absolute Gasteiger partial charge is 0.419 e. The Hall–Kier alpha value is -3.19. The fraction of sp³-hybridized carbons (Fsp3) is 0.273. The number of carbonyl (C=O) groups is 2. The summed E-state index contributed by atoms with van der Waals surface area (Å²) < 4.78 is 5.75. The molecule has 7 nitrogen and oxygen atoms in total. The summed E-state index contributed by atoms with van der Waals surface area (Å²) in [6, 6.07) is 14.3. The lowest BCUT2D eigenvalue weighted by Gasteiger charge is -2.25. The lowest BCUT2D eigenvalue weighted by molar-refractivity contribution is -0.119. The molecule has 0 aliphatic rings. The van der Waals surface area contributed by atoms with E-state index in [0.29, 0.717) is 34.5 Å². The van der Waals surface area contributed by atoms with Gasteiger partial charge in [0, 0.05) is 25.1 Å². The van der Waals surface area contributed by atoms with Crippen molar-refractivity contribution in [3.05, 3.63) is 70.6 Å². The van der Waals surface area contributed by atoms with Crippen molar-refractivity contribution in [1.29, 1.82) is 0 Å². The Labute approximate surface area is 180 Å². The van der Waals surface area contributed by atoms with Gasteiger partial charge < -0.3 is 14.6 Å². The topological polar surface area (TPSA) is 88.3 Å². The SMILES string of the molecule is CC(=O)NCc1ccc(C(=O)N(Cc2nnc(-c3ccccc3Cl)o2)C(C)C)cc1. The molecule has 0 aliphatic carbocycles. The minimum absolute atomic E-state index is 0.0766. The van der Waals surface area contributed by atoms with Crippen LogP contribution in [0, 0.1) is 0 Å². The normalized spacial score (nSPS) is 10.8. The van der Waals surface area contributed by atoms with E-state index in [1.54, 1.807) is 29.2 Å². The smallest absolute Gasteiger partial charge is 0.254 e. The van der Waals surface area contributed by atoms with Gasteiger partial charge in [0.2, 0.25) is 17.7 Å². The van der Waals surface area contributed by atoms with Crippen molar-refractivity contribution in [3.8, 4) is 11.5 Å². The van der Waals surface area contributed by atoms with E-state index in [4.69, 9.17) is 16.0 Å². The molecule has 1 N–H and O–H groups in total. The van der Waals surface area contributed by atoms with Crippen molar-refractivity contribution >= 4 is 23.4 Å². The van der Waals surface area contributed by atoms with Crippen LogP contribution >= 0.6 is 11.6 Å². The van der Waals surface area contributed by atoms with Crippen LogP contribution in [0.25, 0.3) is 11.5 Å². The Morgan fingerprint density at radius 1 is 1.10 bits per heavy atom. The van der Waals surface area contributed by atoms with E-state index in [1.165, 1.54) is 6.92 Å². The van der Waals surface area contributed by atoms with Gasteiger partial charge in [-0.15, -0.1) is 10.2 Å². The maximum Gasteiger partial charge on any atom is 0.254 e. The quantitative estimate of drug-likeness (QED) is 0.615. The third-order valence-electron chi connectivity index (χ3n) is 4.50. The predicted molar refractivity (Wildman–Crippen MR) is 114 cm³/mol. The van der Waals surface area contributed by atoms with Crippen LogP contribution in [0.5, 0.6) is 0 Å². The average molecular weight is 427 g/mol. The first-order valence-corrected chi connectivity index (χ1v) is 9.94. The zero-order valence-electron chi connectivity index (χ0n) is 17.1. The number of carbonyl (C=O) groups excluding carboxylic acids is 2. The fourth-order valence-corrected chi connectivity index (χ4v) is 3.07. The number of hydrogen-bond acceptors (Lipinski definition) is 5. The van der Waals surface area contributed by atoms with Crippen molar-refractivity contribution in [2.45, 2.75) is 39.9 Å². The molecule has 1 heterocycles.